The van der Waals surface area contributed by atoms with Crippen LogP contribution < -0.4 is 10.1 Å². The van der Waals surface area contributed by atoms with E-state index < -0.39 is 0 Å². The molecule has 1 saturated heterocycles. The fraction of sp³-hybridized carbons (Fsp3) is 0.524. The summed E-state index contributed by atoms with van der Waals surface area (Å²) in [5, 5.41) is 3.49. The van der Waals surface area contributed by atoms with E-state index in [1.807, 2.05) is 12.3 Å². The minimum Gasteiger partial charge on any atom is -0.491 e. The molecule has 0 radical (unpaired) electrons. The molecule has 4 rings (SSSR count). The van der Waals surface area contributed by atoms with E-state index in [4.69, 9.17) is 9.72 Å². The lowest BCUT2D eigenvalue weighted by molar-refractivity contribution is 0.235. The molecule has 5 heteroatoms. The normalized spacial score (nSPS) is 20.3. The third-order valence-corrected chi connectivity index (χ3v) is 5.08. The average molecular weight is 352 g/mol. The fourth-order valence-corrected chi connectivity index (χ4v) is 3.85. The minimum atomic E-state index is 0.202. The van der Waals surface area contributed by atoms with E-state index >= 15 is 0 Å². The maximum Gasteiger partial charge on any atom is 0.145 e. The van der Waals surface area contributed by atoms with Gasteiger partial charge in [-0.2, -0.15) is 0 Å². The van der Waals surface area contributed by atoms with Crippen molar-refractivity contribution in [3.8, 4) is 5.75 Å². The Balaban J connectivity index is 1.42. The number of aromatic nitrogens is 2. The zero-order chi connectivity index (χ0) is 17.9. The van der Waals surface area contributed by atoms with E-state index in [2.05, 4.69) is 47.2 Å². The molecule has 3 heterocycles. The summed E-state index contributed by atoms with van der Waals surface area (Å²) in [6, 6.07) is 8.78. The van der Waals surface area contributed by atoms with Gasteiger partial charge in [-0.3, -0.25) is 4.90 Å². The first-order chi connectivity index (χ1) is 12.7. The van der Waals surface area contributed by atoms with Gasteiger partial charge in [-0.1, -0.05) is 12.1 Å². The van der Waals surface area contributed by atoms with Crippen LogP contribution in [-0.2, 0) is 19.5 Å². The van der Waals surface area contributed by atoms with Gasteiger partial charge in [0, 0.05) is 43.5 Å². The quantitative estimate of drug-likeness (QED) is 0.895. The van der Waals surface area contributed by atoms with Crippen molar-refractivity contribution >= 4 is 0 Å². The Labute approximate surface area is 155 Å². The molecule has 1 aromatic carbocycles. The second-order valence-corrected chi connectivity index (χ2v) is 7.62. The first-order valence-electron chi connectivity index (χ1n) is 9.73. The predicted octanol–water partition coefficient (Wildman–Crippen LogP) is 3.25. The molecular weight excluding hydrogens is 324 g/mol. The third kappa shape index (κ3) is 4.05. The molecule has 1 atom stereocenters. The van der Waals surface area contributed by atoms with Gasteiger partial charge < -0.3 is 10.1 Å². The minimum absolute atomic E-state index is 0.202. The molecule has 1 aromatic heterocycles. The molecule has 138 valence electrons. The molecular formula is C21H28N4O. The van der Waals surface area contributed by atoms with E-state index in [1.54, 1.807) is 0 Å². The summed E-state index contributed by atoms with van der Waals surface area (Å²) < 4.78 is 5.82. The zero-order valence-electron chi connectivity index (χ0n) is 15.7. The van der Waals surface area contributed by atoms with Gasteiger partial charge in [-0.15, -0.1) is 0 Å². The van der Waals surface area contributed by atoms with Crippen molar-refractivity contribution in [1.82, 2.24) is 20.2 Å². The van der Waals surface area contributed by atoms with Crippen LogP contribution in [0.1, 0.15) is 55.4 Å². The summed E-state index contributed by atoms with van der Waals surface area (Å²) in [6.07, 6.45) is 5.62. The van der Waals surface area contributed by atoms with Crippen LogP contribution in [0.25, 0.3) is 0 Å². The molecule has 2 aliphatic heterocycles. The standard InChI is InChI=1S/C21H28N4O/c1-15(2)26-18-6-3-5-16(11-18)13-25-10-8-19-17(14-25)12-23-21(24-19)20-7-4-9-22-20/h3,5-6,11-12,15,20,22H,4,7-10,13-14H2,1-2H3/t20-/m0/s1. The Morgan fingerprint density at radius 2 is 2.27 bits per heavy atom. The molecule has 2 aromatic rings. The Hall–Kier alpha value is -1.98. The number of ether oxygens (including phenoxy) is 1. The lowest BCUT2D eigenvalue weighted by atomic mass is 10.1. The van der Waals surface area contributed by atoms with Crippen molar-refractivity contribution < 1.29 is 4.74 Å². The van der Waals surface area contributed by atoms with E-state index in [-0.39, 0.29) is 6.10 Å². The molecule has 0 aliphatic carbocycles. The summed E-state index contributed by atoms with van der Waals surface area (Å²) in [7, 11) is 0. The molecule has 5 nitrogen and oxygen atoms in total. The number of fused-ring (bicyclic) bond motifs is 1. The predicted molar refractivity (Wildman–Crippen MR) is 102 cm³/mol. The van der Waals surface area contributed by atoms with Gasteiger partial charge >= 0.3 is 0 Å². The van der Waals surface area contributed by atoms with Crippen LogP contribution in [0.4, 0.5) is 0 Å². The Kier molecular flexibility index (Phi) is 5.18. The number of nitrogens with one attached hydrogen (secondary N) is 1. The largest absolute Gasteiger partial charge is 0.491 e. The highest BCUT2D eigenvalue weighted by molar-refractivity contribution is 5.29. The van der Waals surface area contributed by atoms with E-state index in [1.165, 1.54) is 23.2 Å². The molecule has 1 N–H and O–H groups in total. The lowest BCUT2D eigenvalue weighted by Gasteiger charge is -2.28. The molecule has 1 fully saturated rings. The van der Waals surface area contributed by atoms with Crippen LogP contribution in [-0.4, -0.2) is 34.1 Å². The van der Waals surface area contributed by atoms with Gasteiger partial charge in [0.1, 0.15) is 11.6 Å². The number of benzene rings is 1. The van der Waals surface area contributed by atoms with Gasteiger partial charge in [0.05, 0.1) is 12.1 Å². The van der Waals surface area contributed by atoms with E-state index in [9.17, 15) is 0 Å². The highest BCUT2D eigenvalue weighted by Gasteiger charge is 2.23. The van der Waals surface area contributed by atoms with Gasteiger partial charge in [0.25, 0.3) is 0 Å². The first-order valence-corrected chi connectivity index (χ1v) is 9.73. The Bertz CT molecular complexity index is 755. The smallest absolute Gasteiger partial charge is 0.145 e. The maximum absolute atomic E-state index is 5.82. The zero-order valence-corrected chi connectivity index (χ0v) is 15.7. The molecule has 0 spiro atoms. The summed E-state index contributed by atoms with van der Waals surface area (Å²) >= 11 is 0. The van der Waals surface area contributed by atoms with Crippen LogP contribution in [0.3, 0.4) is 0 Å². The lowest BCUT2D eigenvalue weighted by Crippen LogP contribution is -2.31. The van der Waals surface area contributed by atoms with Gasteiger partial charge in [0.15, 0.2) is 0 Å². The van der Waals surface area contributed by atoms with Crippen LogP contribution in [0.15, 0.2) is 30.5 Å². The monoisotopic (exact) mass is 352 g/mol. The second kappa shape index (κ2) is 7.72. The summed E-state index contributed by atoms with van der Waals surface area (Å²) in [5.74, 6) is 1.93. The van der Waals surface area contributed by atoms with Crippen LogP contribution >= 0.6 is 0 Å². The van der Waals surface area contributed by atoms with E-state index in [0.717, 1.165) is 50.6 Å². The molecule has 0 saturated carbocycles. The van der Waals surface area contributed by atoms with E-state index in [0.29, 0.717) is 6.04 Å². The highest BCUT2D eigenvalue weighted by atomic mass is 16.5. The number of hydrogen-bond acceptors (Lipinski definition) is 5. The van der Waals surface area contributed by atoms with Crippen LogP contribution in [0.5, 0.6) is 5.75 Å². The van der Waals surface area contributed by atoms with Crippen LogP contribution in [0.2, 0.25) is 0 Å². The summed E-state index contributed by atoms with van der Waals surface area (Å²) in [4.78, 5) is 12.0. The summed E-state index contributed by atoms with van der Waals surface area (Å²) in [6.45, 7) is 8.09. The SMILES string of the molecule is CC(C)Oc1cccc(CN2CCc3nc([C@@H]4CCCN4)ncc3C2)c1. The summed E-state index contributed by atoms with van der Waals surface area (Å²) in [5.41, 5.74) is 3.80. The Morgan fingerprint density at radius 3 is 3.08 bits per heavy atom. The van der Waals surface area contributed by atoms with Gasteiger partial charge in [-0.25, -0.2) is 9.97 Å². The molecule has 0 unspecified atom stereocenters. The highest BCUT2D eigenvalue weighted by Crippen LogP contribution is 2.24. The van der Waals surface area contributed by atoms with Crippen molar-refractivity contribution in [3.63, 3.8) is 0 Å². The van der Waals surface area contributed by atoms with Gasteiger partial charge in [0.2, 0.25) is 0 Å². The molecule has 0 amide bonds. The first kappa shape index (κ1) is 17.4. The molecule has 2 aliphatic rings. The second-order valence-electron chi connectivity index (χ2n) is 7.62. The topological polar surface area (TPSA) is 50.3 Å². The number of rotatable bonds is 5. The van der Waals surface area contributed by atoms with Crippen molar-refractivity contribution in [1.29, 1.82) is 0 Å². The maximum atomic E-state index is 5.82. The third-order valence-electron chi connectivity index (χ3n) is 5.08. The molecule has 0 bridgehead atoms. The van der Waals surface area contributed by atoms with Crippen molar-refractivity contribution in [3.05, 3.63) is 53.1 Å². The Morgan fingerprint density at radius 1 is 1.35 bits per heavy atom. The van der Waals surface area contributed by atoms with Gasteiger partial charge in [-0.05, 0) is 50.9 Å². The van der Waals surface area contributed by atoms with Crippen molar-refractivity contribution in [2.75, 3.05) is 13.1 Å². The number of nitrogens with zero attached hydrogens (tertiary/aromatic N) is 3. The van der Waals surface area contributed by atoms with Crippen LogP contribution in [0, 0.1) is 0 Å². The number of hydrogen-bond donors (Lipinski definition) is 1. The van der Waals surface area contributed by atoms with Crippen molar-refractivity contribution in [2.24, 2.45) is 0 Å². The fourth-order valence-electron chi connectivity index (χ4n) is 3.85. The van der Waals surface area contributed by atoms with Crippen molar-refractivity contribution in [2.45, 2.75) is 58.3 Å². The average Bonchev–Trinajstić information content (AvgIpc) is 3.16. The molecule has 26 heavy (non-hydrogen) atoms.